The lowest BCUT2D eigenvalue weighted by Crippen LogP contribution is -2.48. The van der Waals surface area contributed by atoms with E-state index in [0.717, 1.165) is 40.5 Å². The van der Waals surface area contributed by atoms with Gasteiger partial charge in [-0.25, -0.2) is 4.98 Å². The summed E-state index contributed by atoms with van der Waals surface area (Å²) in [5.41, 5.74) is 2.26. The summed E-state index contributed by atoms with van der Waals surface area (Å²) in [6.45, 7) is 5.54. The number of rotatable bonds is 4. The molecule has 9 heteroatoms. The maximum absolute atomic E-state index is 12.8. The van der Waals surface area contributed by atoms with Crippen LogP contribution in [-0.2, 0) is 6.54 Å². The topological polar surface area (TPSA) is 93.8 Å². The smallest absolute Gasteiger partial charge is 0.271 e. The number of amides is 1. The zero-order chi connectivity index (χ0) is 18.8. The molecule has 2 N–H and O–H groups in total. The molecule has 0 aliphatic carbocycles. The highest BCUT2D eigenvalue weighted by Gasteiger charge is 2.24. The van der Waals surface area contributed by atoms with Gasteiger partial charge in [-0.05, 0) is 25.1 Å². The zero-order valence-corrected chi connectivity index (χ0v) is 16.5. The lowest BCUT2D eigenvalue weighted by atomic mass is 10.1. The van der Waals surface area contributed by atoms with Gasteiger partial charge in [0.1, 0.15) is 11.5 Å². The van der Waals surface area contributed by atoms with E-state index >= 15 is 0 Å². The Labute approximate surface area is 165 Å². The van der Waals surface area contributed by atoms with Crippen molar-refractivity contribution in [2.75, 3.05) is 26.2 Å². The maximum atomic E-state index is 12.8. The number of aryl methyl sites for hydroxylation is 1. The van der Waals surface area contributed by atoms with Crippen molar-refractivity contribution < 1.29 is 4.79 Å². The third-order valence-electron chi connectivity index (χ3n) is 4.62. The lowest BCUT2D eigenvalue weighted by molar-refractivity contribution is 0.0620. The zero-order valence-electron chi connectivity index (χ0n) is 14.9. The second kappa shape index (κ2) is 7.61. The van der Waals surface area contributed by atoms with E-state index < -0.39 is 0 Å². The number of halogens is 1. The molecule has 0 radical (unpaired) electrons. The van der Waals surface area contributed by atoms with Crippen molar-refractivity contribution in [3.8, 4) is 11.3 Å². The van der Waals surface area contributed by atoms with Gasteiger partial charge in [-0.15, -0.1) is 0 Å². The quantitative estimate of drug-likeness (QED) is 0.662. The first-order chi connectivity index (χ1) is 13.1. The Balaban J connectivity index is 1.36. The van der Waals surface area contributed by atoms with Crippen LogP contribution < -0.4 is 0 Å². The van der Waals surface area contributed by atoms with Gasteiger partial charge in [-0.1, -0.05) is 28.1 Å². The van der Waals surface area contributed by atoms with E-state index in [1.54, 1.807) is 0 Å². The van der Waals surface area contributed by atoms with Crippen molar-refractivity contribution in [3.63, 3.8) is 0 Å². The van der Waals surface area contributed by atoms with E-state index in [1.807, 2.05) is 42.2 Å². The van der Waals surface area contributed by atoms with Crippen LogP contribution in [0.3, 0.4) is 0 Å². The van der Waals surface area contributed by atoms with Crippen molar-refractivity contribution in [2.24, 2.45) is 0 Å². The van der Waals surface area contributed by atoms with Crippen molar-refractivity contribution >= 4 is 21.8 Å². The van der Waals surface area contributed by atoms with Crippen LogP contribution in [-0.4, -0.2) is 67.3 Å². The maximum Gasteiger partial charge on any atom is 0.271 e. The predicted octanol–water partition coefficient (Wildman–Crippen LogP) is 2.22. The van der Waals surface area contributed by atoms with Crippen LogP contribution in [0.25, 0.3) is 11.3 Å². The van der Waals surface area contributed by atoms with Gasteiger partial charge in [0.15, 0.2) is 5.82 Å². The first-order valence-electron chi connectivity index (χ1n) is 8.79. The predicted molar refractivity (Wildman–Crippen MR) is 104 cm³/mol. The molecule has 4 rings (SSSR count). The molecule has 1 aliphatic rings. The minimum Gasteiger partial charge on any atom is -0.335 e. The Morgan fingerprint density at radius 3 is 2.52 bits per heavy atom. The molecule has 1 saturated heterocycles. The Morgan fingerprint density at radius 2 is 1.85 bits per heavy atom. The highest BCUT2D eigenvalue weighted by atomic mass is 79.9. The van der Waals surface area contributed by atoms with E-state index in [-0.39, 0.29) is 5.91 Å². The number of benzene rings is 1. The van der Waals surface area contributed by atoms with Gasteiger partial charge in [0.2, 0.25) is 0 Å². The molecule has 1 fully saturated rings. The number of nitrogens with zero attached hydrogens (tertiary/aromatic N) is 5. The molecule has 140 valence electrons. The monoisotopic (exact) mass is 429 g/mol. The number of nitrogens with one attached hydrogen (secondary N) is 2. The van der Waals surface area contributed by atoms with E-state index in [9.17, 15) is 4.79 Å². The summed E-state index contributed by atoms with van der Waals surface area (Å²) in [6, 6.07) is 9.67. The minimum absolute atomic E-state index is 0.0146. The van der Waals surface area contributed by atoms with Crippen LogP contribution in [0, 0.1) is 6.92 Å². The molecule has 0 unspecified atom stereocenters. The van der Waals surface area contributed by atoms with Crippen molar-refractivity contribution in [1.29, 1.82) is 0 Å². The fraction of sp³-hybridized carbons (Fsp3) is 0.333. The van der Waals surface area contributed by atoms with Crippen LogP contribution in [0.5, 0.6) is 0 Å². The first kappa shape index (κ1) is 17.9. The fourth-order valence-corrected chi connectivity index (χ4v) is 3.40. The van der Waals surface area contributed by atoms with E-state index in [1.165, 1.54) is 0 Å². The molecular formula is C18H20BrN7O. The molecule has 0 saturated carbocycles. The summed E-state index contributed by atoms with van der Waals surface area (Å²) < 4.78 is 1.01. The summed E-state index contributed by atoms with van der Waals surface area (Å²) in [7, 11) is 0. The number of hydrogen-bond donors (Lipinski definition) is 2. The second-order valence-electron chi connectivity index (χ2n) is 6.58. The van der Waals surface area contributed by atoms with E-state index in [4.69, 9.17) is 0 Å². The number of hydrogen-bond acceptors (Lipinski definition) is 5. The number of aromatic amines is 2. The summed E-state index contributed by atoms with van der Waals surface area (Å²) >= 11 is 3.42. The lowest BCUT2D eigenvalue weighted by Gasteiger charge is -2.33. The molecule has 0 atom stereocenters. The average Bonchev–Trinajstić information content (AvgIpc) is 3.32. The van der Waals surface area contributed by atoms with Crippen molar-refractivity contribution in [1.82, 2.24) is 35.2 Å². The summed E-state index contributed by atoms with van der Waals surface area (Å²) in [5.74, 6) is 1.60. The molecule has 3 heterocycles. The van der Waals surface area contributed by atoms with Gasteiger partial charge in [-0.2, -0.15) is 10.2 Å². The minimum atomic E-state index is -0.0146. The number of carbonyl (C=O) groups excluding carboxylic acids is 1. The van der Waals surface area contributed by atoms with E-state index in [0.29, 0.717) is 25.3 Å². The van der Waals surface area contributed by atoms with Crippen molar-refractivity contribution in [3.05, 3.63) is 52.1 Å². The van der Waals surface area contributed by atoms with Crippen LogP contribution in [0.4, 0.5) is 0 Å². The number of carbonyl (C=O) groups is 1. The molecule has 8 nitrogen and oxygen atoms in total. The second-order valence-corrected chi connectivity index (χ2v) is 7.49. The van der Waals surface area contributed by atoms with Gasteiger partial charge in [0, 0.05) is 36.2 Å². The molecular weight excluding hydrogens is 410 g/mol. The normalized spacial score (nSPS) is 15.3. The molecule has 1 aromatic carbocycles. The molecule has 0 spiro atoms. The van der Waals surface area contributed by atoms with Crippen LogP contribution >= 0.6 is 15.9 Å². The van der Waals surface area contributed by atoms with Crippen LogP contribution in [0.2, 0.25) is 0 Å². The standard InChI is InChI=1S/C18H20BrN7O/c1-12-20-17(24-21-12)11-25-6-8-26(9-7-25)18(27)16-10-15(22-23-16)13-2-4-14(19)5-3-13/h2-5,10H,6-9,11H2,1H3,(H,22,23)(H,20,21,24). The molecule has 3 aromatic rings. The molecule has 2 aromatic heterocycles. The van der Waals surface area contributed by atoms with Gasteiger partial charge in [0.25, 0.3) is 5.91 Å². The third-order valence-corrected chi connectivity index (χ3v) is 5.14. The number of H-pyrrole nitrogens is 2. The van der Waals surface area contributed by atoms with Gasteiger partial charge < -0.3 is 4.90 Å². The van der Waals surface area contributed by atoms with E-state index in [2.05, 4.69) is 46.2 Å². The summed E-state index contributed by atoms with van der Waals surface area (Å²) in [5, 5.41) is 14.2. The Morgan fingerprint density at radius 1 is 1.11 bits per heavy atom. The SMILES string of the molecule is Cc1nc(CN2CCN(C(=O)c3cc(-c4ccc(Br)cc4)n[nH]3)CC2)n[nH]1. The van der Waals surface area contributed by atoms with Crippen LogP contribution in [0.15, 0.2) is 34.8 Å². The van der Waals surface area contributed by atoms with Gasteiger partial charge in [0.05, 0.1) is 12.2 Å². The summed E-state index contributed by atoms with van der Waals surface area (Å²) in [4.78, 5) is 21.2. The Kier molecular flexibility index (Phi) is 5.04. The molecule has 1 amide bonds. The van der Waals surface area contributed by atoms with Crippen molar-refractivity contribution in [2.45, 2.75) is 13.5 Å². The third kappa shape index (κ3) is 4.09. The molecule has 1 aliphatic heterocycles. The summed E-state index contributed by atoms with van der Waals surface area (Å²) in [6.07, 6.45) is 0. The number of piperazine rings is 1. The van der Waals surface area contributed by atoms with Gasteiger partial charge in [-0.3, -0.25) is 19.9 Å². The first-order valence-corrected chi connectivity index (χ1v) is 9.58. The fourth-order valence-electron chi connectivity index (χ4n) is 3.14. The highest BCUT2D eigenvalue weighted by molar-refractivity contribution is 9.10. The van der Waals surface area contributed by atoms with Gasteiger partial charge >= 0.3 is 0 Å². The Hall–Kier alpha value is -2.52. The molecule has 0 bridgehead atoms. The largest absolute Gasteiger partial charge is 0.335 e. The number of aromatic nitrogens is 5. The van der Waals surface area contributed by atoms with Crippen LogP contribution in [0.1, 0.15) is 22.1 Å². The highest BCUT2D eigenvalue weighted by Crippen LogP contribution is 2.21. The Bertz CT molecular complexity index is 925. The average molecular weight is 430 g/mol. The molecule has 27 heavy (non-hydrogen) atoms.